The summed E-state index contributed by atoms with van der Waals surface area (Å²) in [5.74, 6) is -2.39. The lowest BCUT2D eigenvalue weighted by atomic mass is 10.1. The van der Waals surface area contributed by atoms with Gasteiger partial charge in [0.1, 0.15) is 0 Å². The molecule has 1 fully saturated rings. The van der Waals surface area contributed by atoms with E-state index in [2.05, 4.69) is 27.7 Å². The van der Waals surface area contributed by atoms with Gasteiger partial charge >= 0.3 is 12.1 Å². The van der Waals surface area contributed by atoms with Crippen molar-refractivity contribution in [3.63, 3.8) is 0 Å². The third-order valence-electron chi connectivity index (χ3n) is 5.83. The SMILES string of the molecule is CC(=O)Nc1ccc(CN2CCC(CNC(=O)c3cc(-c4cccc(Cl)c4)cs3)C2)cc1.O=C(O)C(F)(F)F. The van der Waals surface area contributed by atoms with Gasteiger partial charge in [0.15, 0.2) is 0 Å². The van der Waals surface area contributed by atoms with Gasteiger partial charge in [0, 0.05) is 37.3 Å². The van der Waals surface area contributed by atoms with Crippen molar-refractivity contribution in [3.8, 4) is 11.1 Å². The highest BCUT2D eigenvalue weighted by Crippen LogP contribution is 2.28. The number of carbonyl (C=O) groups is 3. The van der Waals surface area contributed by atoms with Crippen molar-refractivity contribution in [1.29, 1.82) is 0 Å². The number of thiophene rings is 1. The standard InChI is InChI=1S/C25H26ClN3O2S.C2HF3O2/c1-17(30)28-23-7-5-18(6-8-23)14-29-10-9-19(15-29)13-27-25(31)24-12-21(16-32-24)20-3-2-4-22(26)11-20;3-2(4,5)1(6)7/h2-8,11-12,16,19H,9-10,13-15H2,1H3,(H,27,31)(H,28,30);(H,6,7). The highest BCUT2D eigenvalue weighted by molar-refractivity contribution is 7.12. The Morgan fingerprint density at radius 3 is 2.41 bits per heavy atom. The molecule has 1 aromatic heterocycles. The van der Waals surface area contributed by atoms with Gasteiger partial charge in [-0.2, -0.15) is 13.2 Å². The van der Waals surface area contributed by atoms with Crippen LogP contribution in [0.2, 0.25) is 5.02 Å². The number of aliphatic carboxylic acids is 1. The summed E-state index contributed by atoms with van der Waals surface area (Å²) in [4.78, 5) is 35.8. The lowest BCUT2D eigenvalue weighted by Gasteiger charge is -2.16. The van der Waals surface area contributed by atoms with Gasteiger partial charge in [-0.1, -0.05) is 35.9 Å². The Kier molecular flexibility index (Phi) is 10.5. The van der Waals surface area contributed by atoms with Gasteiger partial charge in [-0.25, -0.2) is 4.79 Å². The molecule has 1 aliphatic rings. The number of likely N-dealkylation sites (tertiary alicyclic amines) is 1. The van der Waals surface area contributed by atoms with Gasteiger partial charge < -0.3 is 15.7 Å². The molecule has 0 saturated carbocycles. The Balaban J connectivity index is 0.000000532. The molecule has 0 bridgehead atoms. The molecule has 1 unspecified atom stereocenters. The molecular weight excluding hydrogens is 555 g/mol. The maximum Gasteiger partial charge on any atom is 0.490 e. The predicted octanol–water partition coefficient (Wildman–Crippen LogP) is 5.91. The second-order valence-electron chi connectivity index (χ2n) is 8.99. The minimum absolute atomic E-state index is 0.0183. The average Bonchev–Trinajstić information content (AvgIpc) is 3.53. The maximum atomic E-state index is 12.6. The van der Waals surface area contributed by atoms with Crippen molar-refractivity contribution in [2.24, 2.45) is 5.92 Å². The van der Waals surface area contributed by atoms with Crippen LogP contribution in [0, 0.1) is 5.92 Å². The fourth-order valence-corrected chi connectivity index (χ4v) is 5.00. The number of carbonyl (C=O) groups excluding carboxylic acids is 2. The summed E-state index contributed by atoms with van der Waals surface area (Å²) < 4.78 is 31.7. The number of carboxylic acids is 1. The van der Waals surface area contributed by atoms with Gasteiger partial charge in [-0.15, -0.1) is 11.3 Å². The zero-order chi connectivity index (χ0) is 28.6. The van der Waals surface area contributed by atoms with Gasteiger partial charge in [-0.05, 0) is 71.3 Å². The number of halogens is 4. The Bertz CT molecular complexity index is 1300. The second kappa shape index (κ2) is 13.6. The first kappa shape index (κ1) is 30.1. The molecule has 3 aromatic rings. The molecule has 0 radical (unpaired) electrons. The number of amides is 2. The molecule has 2 heterocycles. The first-order valence-electron chi connectivity index (χ1n) is 11.9. The Morgan fingerprint density at radius 2 is 1.79 bits per heavy atom. The molecule has 0 aliphatic carbocycles. The van der Waals surface area contributed by atoms with Crippen LogP contribution in [0.1, 0.15) is 28.6 Å². The lowest BCUT2D eigenvalue weighted by molar-refractivity contribution is -0.192. The third-order valence-corrected chi connectivity index (χ3v) is 6.99. The summed E-state index contributed by atoms with van der Waals surface area (Å²) in [5.41, 5.74) is 4.06. The maximum absolute atomic E-state index is 12.6. The van der Waals surface area contributed by atoms with E-state index in [0.29, 0.717) is 22.4 Å². The lowest BCUT2D eigenvalue weighted by Crippen LogP contribution is -2.30. The van der Waals surface area contributed by atoms with E-state index in [0.717, 1.165) is 42.9 Å². The first-order valence-corrected chi connectivity index (χ1v) is 13.2. The van der Waals surface area contributed by atoms with Gasteiger partial charge in [-0.3, -0.25) is 14.5 Å². The molecule has 39 heavy (non-hydrogen) atoms. The van der Waals surface area contributed by atoms with Crippen LogP contribution >= 0.6 is 22.9 Å². The fraction of sp³-hybridized carbons (Fsp3) is 0.296. The number of rotatable bonds is 7. The highest BCUT2D eigenvalue weighted by Gasteiger charge is 2.38. The zero-order valence-corrected chi connectivity index (χ0v) is 22.5. The molecule has 12 heteroatoms. The average molecular weight is 582 g/mol. The minimum atomic E-state index is -5.08. The molecule has 2 amide bonds. The molecule has 7 nitrogen and oxygen atoms in total. The summed E-state index contributed by atoms with van der Waals surface area (Å²) in [5, 5.41) is 15.7. The smallest absolute Gasteiger partial charge is 0.475 e. The summed E-state index contributed by atoms with van der Waals surface area (Å²) >= 11 is 7.54. The first-order chi connectivity index (χ1) is 18.4. The van der Waals surface area contributed by atoms with Gasteiger partial charge in [0.05, 0.1) is 4.88 Å². The molecule has 1 saturated heterocycles. The third kappa shape index (κ3) is 9.68. The monoisotopic (exact) mass is 581 g/mol. The second-order valence-corrected chi connectivity index (χ2v) is 10.3. The van der Waals surface area contributed by atoms with Gasteiger partial charge in [0.2, 0.25) is 5.91 Å². The van der Waals surface area contributed by atoms with Crippen LogP contribution in [0.25, 0.3) is 11.1 Å². The van der Waals surface area contributed by atoms with Crippen LogP contribution in [0.4, 0.5) is 18.9 Å². The zero-order valence-electron chi connectivity index (χ0n) is 20.9. The number of anilines is 1. The van der Waals surface area contributed by atoms with Crippen molar-refractivity contribution < 1.29 is 32.7 Å². The number of carboxylic acid groups (broad SMARTS) is 1. The van der Waals surface area contributed by atoms with Crippen molar-refractivity contribution in [2.45, 2.75) is 26.1 Å². The van der Waals surface area contributed by atoms with E-state index in [1.54, 1.807) is 0 Å². The summed E-state index contributed by atoms with van der Waals surface area (Å²) in [6.07, 6.45) is -4.01. The van der Waals surface area contributed by atoms with Crippen LogP contribution < -0.4 is 10.6 Å². The van der Waals surface area contributed by atoms with E-state index in [1.165, 1.54) is 23.8 Å². The molecule has 208 valence electrons. The number of hydrogen-bond donors (Lipinski definition) is 3. The van der Waals surface area contributed by atoms with E-state index in [9.17, 15) is 22.8 Å². The van der Waals surface area contributed by atoms with E-state index in [-0.39, 0.29) is 11.8 Å². The Morgan fingerprint density at radius 1 is 1.10 bits per heavy atom. The molecule has 4 rings (SSSR count). The van der Waals surface area contributed by atoms with E-state index in [4.69, 9.17) is 21.5 Å². The van der Waals surface area contributed by atoms with Crippen LogP contribution in [-0.2, 0) is 16.1 Å². The number of nitrogens with one attached hydrogen (secondary N) is 2. The topological polar surface area (TPSA) is 98.7 Å². The Labute approximate surface area is 232 Å². The summed E-state index contributed by atoms with van der Waals surface area (Å²) in [6.45, 7) is 5.05. The number of hydrogen-bond acceptors (Lipinski definition) is 5. The quantitative estimate of drug-likeness (QED) is 0.322. The normalized spacial score (nSPS) is 15.3. The van der Waals surface area contributed by atoms with Crippen molar-refractivity contribution in [2.75, 3.05) is 25.0 Å². The van der Waals surface area contributed by atoms with Crippen LogP contribution in [0.15, 0.2) is 60.0 Å². The molecule has 2 aromatic carbocycles. The molecule has 1 aliphatic heterocycles. The summed E-state index contributed by atoms with van der Waals surface area (Å²) in [6, 6.07) is 17.6. The van der Waals surface area contributed by atoms with Crippen molar-refractivity contribution in [3.05, 3.63) is 75.4 Å². The van der Waals surface area contributed by atoms with Crippen molar-refractivity contribution >= 4 is 46.4 Å². The molecule has 0 spiro atoms. The summed E-state index contributed by atoms with van der Waals surface area (Å²) in [7, 11) is 0. The van der Waals surface area contributed by atoms with Crippen LogP contribution in [-0.4, -0.2) is 53.6 Å². The highest BCUT2D eigenvalue weighted by atomic mass is 35.5. The molecule has 3 N–H and O–H groups in total. The molecule has 1 atom stereocenters. The number of alkyl halides is 3. The predicted molar refractivity (Wildman–Crippen MR) is 145 cm³/mol. The van der Waals surface area contributed by atoms with Crippen LogP contribution in [0.5, 0.6) is 0 Å². The minimum Gasteiger partial charge on any atom is -0.475 e. The molecular formula is C27H27ClF3N3O4S. The van der Waals surface area contributed by atoms with E-state index < -0.39 is 12.1 Å². The fourth-order valence-electron chi connectivity index (χ4n) is 3.98. The van der Waals surface area contributed by atoms with Crippen LogP contribution in [0.3, 0.4) is 0 Å². The largest absolute Gasteiger partial charge is 0.490 e. The Hall–Kier alpha value is -3.41. The van der Waals surface area contributed by atoms with E-state index in [1.807, 2.05) is 47.8 Å². The number of benzene rings is 2. The van der Waals surface area contributed by atoms with E-state index >= 15 is 0 Å². The van der Waals surface area contributed by atoms with Crippen molar-refractivity contribution in [1.82, 2.24) is 10.2 Å². The van der Waals surface area contributed by atoms with Gasteiger partial charge in [0.25, 0.3) is 5.91 Å². The number of nitrogens with zero attached hydrogens (tertiary/aromatic N) is 1.